The molecular weight excluding hydrogens is 240 g/mol. The van der Waals surface area contributed by atoms with Crippen molar-refractivity contribution >= 4 is 11.8 Å². The molecular formula is C13H24N6. The number of hydrogen-bond donors (Lipinski definition) is 2. The fourth-order valence-corrected chi connectivity index (χ4v) is 2.38. The van der Waals surface area contributed by atoms with Crippen LogP contribution in [0.4, 0.5) is 11.8 Å². The number of aryl methyl sites for hydroxylation is 1. The molecule has 0 spiro atoms. The van der Waals surface area contributed by atoms with Gasteiger partial charge in [0.05, 0.1) is 0 Å². The van der Waals surface area contributed by atoms with Gasteiger partial charge in [0, 0.05) is 43.5 Å². The number of anilines is 2. The Balaban J connectivity index is 2.07. The smallest absolute Gasteiger partial charge is 0.239 e. The third kappa shape index (κ3) is 3.33. The molecule has 0 atom stereocenters. The average Bonchev–Trinajstić information content (AvgIpc) is 2.37. The lowest BCUT2D eigenvalue weighted by Crippen LogP contribution is -2.53. The Morgan fingerprint density at radius 2 is 1.79 bits per heavy atom. The topological polar surface area (TPSA) is 70.3 Å². The summed E-state index contributed by atoms with van der Waals surface area (Å²) in [6.07, 6.45) is 0. The monoisotopic (exact) mass is 264 g/mol. The molecule has 1 aliphatic heterocycles. The first-order valence-corrected chi connectivity index (χ1v) is 6.72. The molecule has 0 bridgehead atoms. The van der Waals surface area contributed by atoms with Crippen LogP contribution in [0.3, 0.4) is 0 Å². The lowest BCUT2D eigenvalue weighted by molar-refractivity contribution is 0.128. The van der Waals surface area contributed by atoms with E-state index in [-0.39, 0.29) is 5.54 Å². The van der Waals surface area contributed by atoms with E-state index >= 15 is 0 Å². The van der Waals surface area contributed by atoms with Gasteiger partial charge in [-0.15, -0.1) is 0 Å². The lowest BCUT2D eigenvalue weighted by Gasteiger charge is -2.42. The standard InChI is InChI=1S/C13H24N6/c1-10-9-11(16-12(15-10)17-14)18-5-7-19(8-6-18)13(2,3)4/h9H,5-8,14H2,1-4H3,(H,15,16,17). The van der Waals surface area contributed by atoms with Gasteiger partial charge in [-0.3, -0.25) is 10.3 Å². The Hall–Kier alpha value is -1.40. The molecule has 0 amide bonds. The van der Waals surface area contributed by atoms with Crippen molar-refractivity contribution in [2.45, 2.75) is 33.2 Å². The molecule has 1 saturated heterocycles. The minimum absolute atomic E-state index is 0.234. The van der Waals surface area contributed by atoms with E-state index in [2.05, 4.69) is 46.0 Å². The van der Waals surface area contributed by atoms with Crippen LogP contribution in [0.25, 0.3) is 0 Å². The molecule has 1 aromatic heterocycles. The molecule has 106 valence electrons. The Kier molecular flexibility index (Phi) is 3.91. The second-order valence-electron chi connectivity index (χ2n) is 5.98. The van der Waals surface area contributed by atoms with E-state index < -0.39 is 0 Å². The van der Waals surface area contributed by atoms with Gasteiger partial charge in [-0.05, 0) is 27.7 Å². The number of piperazine rings is 1. The Bertz CT molecular complexity index is 431. The minimum Gasteiger partial charge on any atom is -0.354 e. The summed E-state index contributed by atoms with van der Waals surface area (Å²) >= 11 is 0. The van der Waals surface area contributed by atoms with Gasteiger partial charge in [0.1, 0.15) is 5.82 Å². The second-order valence-corrected chi connectivity index (χ2v) is 5.98. The number of rotatable bonds is 2. The van der Waals surface area contributed by atoms with Crippen LogP contribution in [0.1, 0.15) is 26.5 Å². The predicted molar refractivity (Wildman–Crippen MR) is 78.1 cm³/mol. The summed E-state index contributed by atoms with van der Waals surface area (Å²) in [5, 5.41) is 0. The highest BCUT2D eigenvalue weighted by Gasteiger charge is 2.26. The Morgan fingerprint density at radius 1 is 1.16 bits per heavy atom. The second kappa shape index (κ2) is 5.30. The maximum atomic E-state index is 5.39. The summed E-state index contributed by atoms with van der Waals surface area (Å²) in [4.78, 5) is 13.4. The maximum Gasteiger partial charge on any atom is 0.239 e. The van der Waals surface area contributed by atoms with Crippen LogP contribution in [-0.4, -0.2) is 46.6 Å². The highest BCUT2D eigenvalue weighted by molar-refractivity contribution is 5.44. The van der Waals surface area contributed by atoms with Crippen LogP contribution in [0.5, 0.6) is 0 Å². The van der Waals surface area contributed by atoms with E-state index in [1.54, 1.807) is 0 Å². The van der Waals surface area contributed by atoms with Crippen LogP contribution in [0, 0.1) is 6.92 Å². The van der Waals surface area contributed by atoms with Crippen molar-refractivity contribution in [1.29, 1.82) is 0 Å². The van der Waals surface area contributed by atoms with E-state index in [1.807, 2.05) is 13.0 Å². The lowest BCUT2D eigenvalue weighted by atomic mass is 10.1. The zero-order chi connectivity index (χ0) is 14.0. The van der Waals surface area contributed by atoms with Gasteiger partial charge < -0.3 is 4.90 Å². The van der Waals surface area contributed by atoms with E-state index in [4.69, 9.17) is 5.84 Å². The molecule has 0 unspecified atom stereocenters. The third-order valence-corrected chi connectivity index (χ3v) is 3.52. The van der Waals surface area contributed by atoms with E-state index in [0.717, 1.165) is 37.7 Å². The third-order valence-electron chi connectivity index (χ3n) is 3.52. The van der Waals surface area contributed by atoms with Crippen molar-refractivity contribution in [2.75, 3.05) is 36.5 Å². The zero-order valence-electron chi connectivity index (χ0n) is 12.3. The SMILES string of the molecule is Cc1cc(N2CCN(C(C)(C)C)CC2)nc(NN)n1. The van der Waals surface area contributed by atoms with E-state index in [9.17, 15) is 0 Å². The molecule has 2 rings (SSSR count). The van der Waals surface area contributed by atoms with Crippen molar-refractivity contribution in [3.05, 3.63) is 11.8 Å². The Labute approximate surface area is 115 Å². The van der Waals surface area contributed by atoms with Crippen LogP contribution in [0.2, 0.25) is 0 Å². The first-order chi connectivity index (χ1) is 8.90. The maximum absolute atomic E-state index is 5.39. The number of nitrogens with zero attached hydrogens (tertiary/aromatic N) is 4. The van der Waals surface area contributed by atoms with Crippen molar-refractivity contribution in [1.82, 2.24) is 14.9 Å². The number of hydrogen-bond acceptors (Lipinski definition) is 6. The first kappa shape index (κ1) is 14.0. The summed E-state index contributed by atoms with van der Waals surface area (Å²) < 4.78 is 0. The number of nitrogens with one attached hydrogen (secondary N) is 1. The van der Waals surface area contributed by atoms with Gasteiger partial charge in [-0.25, -0.2) is 10.8 Å². The van der Waals surface area contributed by atoms with Gasteiger partial charge in [0.2, 0.25) is 5.95 Å². The average molecular weight is 264 g/mol. The highest BCUT2D eigenvalue weighted by atomic mass is 15.3. The molecule has 6 heteroatoms. The fraction of sp³-hybridized carbons (Fsp3) is 0.692. The van der Waals surface area contributed by atoms with Gasteiger partial charge in [0.15, 0.2) is 0 Å². The number of nitrogens with two attached hydrogens (primary N) is 1. The first-order valence-electron chi connectivity index (χ1n) is 6.72. The van der Waals surface area contributed by atoms with Crippen molar-refractivity contribution in [3.8, 4) is 0 Å². The van der Waals surface area contributed by atoms with Crippen molar-refractivity contribution in [3.63, 3.8) is 0 Å². The molecule has 0 saturated carbocycles. The predicted octanol–water partition coefficient (Wildman–Crippen LogP) is 0.991. The Morgan fingerprint density at radius 3 is 2.32 bits per heavy atom. The fourth-order valence-electron chi connectivity index (χ4n) is 2.38. The molecule has 6 nitrogen and oxygen atoms in total. The van der Waals surface area contributed by atoms with Gasteiger partial charge in [-0.2, -0.15) is 4.98 Å². The molecule has 0 aromatic carbocycles. The van der Waals surface area contributed by atoms with Gasteiger partial charge in [0.25, 0.3) is 0 Å². The molecule has 0 aliphatic carbocycles. The molecule has 1 fully saturated rings. The number of nitrogen functional groups attached to an aromatic ring is 1. The largest absolute Gasteiger partial charge is 0.354 e. The highest BCUT2D eigenvalue weighted by Crippen LogP contribution is 2.20. The summed E-state index contributed by atoms with van der Waals surface area (Å²) in [7, 11) is 0. The van der Waals surface area contributed by atoms with Gasteiger partial charge in [-0.1, -0.05) is 0 Å². The summed E-state index contributed by atoms with van der Waals surface area (Å²) in [5.74, 6) is 6.83. The van der Waals surface area contributed by atoms with Gasteiger partial charge >= 0.3 is 0 Å². The van der Waals surface area contributed by atoms with Crippen molar-refractivity contribution in [2.24, 2.45) is 5.84 Å². The van der Waals surface area contributed by atoms with Crippen molar-refractivity contribution < 1.29 is 0 Å². The zero-order valence-corrected chi connectivity index (χ0v) is 12.3. The number of aromatic nitrogens is 2. The quantitative estimate of drug-likeness (QED) is 0.613. The van der Waals surface area contributed by atoms with E-state index in [0.29, 0.717) is 5.95 Å². The molecule has 0 radical (unpaired) electrons. The summed E-state index contributed by atoms with van der Waals surface area (Å²) in [6, 6.07) is 2.01. The molecule has 1 aliphatic rings. The molecule has 3 N–H and O–H groups in total. The van der Waals surface area contributed by atoms with Crippen LogP contribution in [0.15, 0.2) is 6.07 Å². The number of hydrazine groups is 1. The van der Waals surface area contributed by atoms with Crippen LogP contribution in [-0.2, 0) is 0 Å². The normalized spacial score (nSPS) is 17.6. The summed E-state index contributed by atoms with van der Waals surface area (Å²) in [5.41, 5.74) is 3.68. The van der Waals surface area contributed by atoms with Crippen LogP contribution >= 0.6 is 0 Å². The van der Waals surface area contributed by atoms with Crippen LogP contribution < -0.4 is 16.2 Å². The molecule has 19 heavy (non-hydrogen) atoms. The summed E-state index contributed by atoms with van der Waals surface area (Å²) in [6.45, 7) is 12.8. The minimum atomic E-state index is 0.234. The van der Waals surface area contributed by atoms with E-state index in [1.165, 1.54) is 0 Å². The molecule has 2 heterocycles. The molecule has 1 aromatic rings.